The molecule has 0 saturated carbocycles. The van der Waals surface area contributed by atoms with Crippen LogP contribution < -0.4 is 9.47 Å². The van der Waals surface area contributed by atoms with Gasteiger partial charge in [-0.2, -0.15) is 0 Å². The third-order valence-corrected chi connectivity index (χ3v) is 3.82. The van der Waals surface area contributed by atoms with Crippen LogP contribution in [0.25, 0.3) is 21.5 Å². The zero-order valence-corrected chi connectivity index (χ0v) is 14.1. The molecule has 0 fully saturated rings. The van der Waals surface area contributed by atoms with Crippen molar-refractivity contribution in [2.45, 2.75) is 27.7 Å². The molecular formula is C20H18O4. The van der Waals surface area contributed by atoms with Gasteiger partial charge in [0, 0.05) is 35.4 Å². The SMILES string of the molecule is CC(=O)Oc1c2ccc(C)cc2c(OC(C)=O)c2ccc(C)cc12. The second-order valence-electron chi connectivity index (χ2n) is 5.94. The zero-order valence-electron chi connectivity index (χ0n) is 14.1. The third-order valence-electron chi connectivity index (χ3n) is 3.82. The van der Waals surface area contributed by atoms with E-state index in [2.05, 4.69) is 0 Å². The smallest absolute Gasteiger partial charge is 0.308 e. The number of esters is 2. The first-order chi connectivity index (χ1) is 11.4. The molecule has 0 aliphatic rings. The molecule has 0 bridgehead atoms. The van der Waals surface area contributed by atoms with Crippen molar-refractivity contribution in [2.75, 3.05) is 0 Å². The van der Waals surface area contributed by atoms with E-state index < -0.39 is 0 Å². The highest BCUT2D eigenvalue weighted by atomic mass is 16.5. The number of hydrogen-bond acceptors (Lipinski definition) is 4. The third kappa shape index (κ3) is 2.83. The van der Waals surface area contributed by atoms with Gasteiger partial charge in [-0.3, -0.25) is 9.59 Å². The number of carbonyl (C=O) groups is 2. The molecule has 0 heterocycles. The topological polar surface area (TPSA) is 52.6 Å². The Balaban J connectivity index is 2.52. The van der Waals surface area contributed by atoms with Gasteiger partial charge in [0.15, 0.2) is 0 Å². The molecule has 0 aliphatic heterocycles. The monoisotopic (exact) mass is 322 g/mol. The van der Waals surface area contributed by atoms with Crippen LogP contribution in [0.4, 0.5) is 0 Å². The standard InChI is InChI=1S/C20H18O4/c1-11-5-7-15-17(9-11)19(23-13(3)21)16-8-6-12(2)10-18(16)20(15)24-14(4)22/h5-10H,1-4H3. The van der Waals surface area contributed by atoms with Crippen molar-refractivity contribution in [1.82, 2.24) is 0 Å². The molecule has 3 aromatic rings. The molecule has 3 rings (SSSR count). The predicted octanol–water partition coefficient (Wildman–Crippen LogP) is 4.46. The Kier molecular flexibility index (Phi) is 3.97. The van der Waals surface area contributed by atoms with Crippen LogP contribution >= 0.6 is 0 Å². The molecule has 122 valence electrons. The van der Waals surface area contributed by atoms with Crippen LogP contribution in [0.2, 0.25) is 0 Å². The Labute approximate surface area is 140 Å². The zero-order chi connectivity index (χ0) is 17.4. The Morgan fingerprint density at radius 3 is 1.38 bits per heavy atom. The number of carbonyl (C=O) groups excluding carboxylic acids is 2. The lowest BCUT2D eigenvalue weighted by Gasteiger charge is -2.16. The summed E-state index contributed by atoms with van der Waals surface area (Å²) in [5.41, 5.74) is 2.05. The van der Waals surface area contributed by atoms with E-state index in [0.717, 1.165) is 32.7 Å². The van der Waals surface area contributed by atoms with Crippen LogP contribution in [0.3, 0.4) is 0 Å². The lowest BCUT2D eigenvalue weighted by Crippen LogP contribution is -2.06. The number of fused-ring (bicyclic) bond motifs is 2. The van der Waals surface area contributed by atoms with E-state index in [-0.39, 0.29) is 11.9 Å². The van der Waals surface area contributed by atoms with Gasteiger partial charge in [0.05, 0.1) is 0 Å². The summed E-state index contributed by atoms with van der Waals surface area (Å²) in [7, 11) is 0. The maximum atomic E-state index is 11.6. The normalized spacial score (nSPS) is 10.8. The summed E-state index contributed by atoms with van der Waals surface area (Å²) in [5, 5.41) is 2.98. The van der Waals surface area contributed by atoms with Gasteiger partial charge in [-0.1, -0.05) is 35.4 Å². The van der Waals surface area contributed by atoms with E-state index in [1.54, 1.807) is 0 Å². The lowest BCUT2D eigenvalue weighted by atomic mass is 9.98. The molecule has 0 spiro atoms. The minimum atomic E-state index is -0.389. The summed E-state index contributed by atoms with van der Waals surface area (Å²) in [6.07, 6.45) is 0. The van der Waals surface area contributed by atoms with Crippen LogP contribution in [0, 0.1) is 13.8 Å². The molecule has 0 radical (unpaired) electrons. The van der Waals surface area contributed by atoms with Gasteiger partial charge >= 0.3 is 11.9 Å². The fourth-order valence-corrected chi connectivity index (χ4v) is 2.89. The first-order valence-corrected chi connectivity index (χ1v) is 7.70. The maximum absolute atomic E-state index is 11.6. The van der Waals surface area contributed by atoms with Crippen LogP contribution in [-0.2, 0) is 9.59 Å². The van der Waals surface area contributed by atoms with Crippen molar-refractivity contribution in [1.29, 1.82) is 0 Å². The highest BCUT2D eigenvalue weighted by molar-refractivity contribution is 6.12. The second kappa shape index (κ2) is 5.96. The van der Waals surface area contributed by atoms with Crippen LogP contribution in [0.5, 0.6) is 11.5 Å². The summed E-state index contributed by atoms with van der Waals surface area (Å²) < 4.78 is 11.0. The molecule has 0 aliphatic carbocycles. The van der Waals surface area contributed by atoms with Crippen molar-refractivity contribution < 1.29 is 19.1 Å². The molecule has 0 saturated heterocycles. The predicted molar refractivity (Wildman–Crippen MR) is 93.5 cm³/mol. The fraction of sp³-hybridized carbons (Fsp3) is 0.200. The fourth-order valence-electron chi connectivity index (χ4n) is 2.89. The molecular weight excluding hydrogens is 304 g/mol. The van der Waals surface area contributed by atoms with Crippen LogP contribution in [0.1, 0.15) is 25.0 Å². The Bertz CT molecular complexity index is 905. The van der Waals surface area contributed by atoms with Crippen LogP contribution in [0.15, 0.2) is 36.4 Å². The highest BCUT2D eigenvalue weighted by Crippen LogP contribution is 2.43. The first kappa shape index (κ1) is 16.0. The van der Waals surface area contributed by atoms with E-state index in [0.29, 0.717) is 11.5 Å². The summed E-state index contributed by atoms with van der Waals surface area (Å²) in [6, 6.07) is 11.5. The van der Waals surface area contributed by atoms with Crippen molar-refractivity contribution in [2.24, 2.45) is 0 Å². The van der Waals surface area contributed by atoms with Crippen molar-refractivity contribution in [3.8, 4) is 11.5 Å². The minimum Gasteiger partial charge on any atom is -0.425 e. The van der Waals surface area contributed by atoms with Gasteiger partial charge in [0.2, 0.25) is 0 Å². The molecule has 0 N–H and O–H groups in total. The van der Waals surface area contributed by atoms with E-state index in [1.165, 1.54) is 13.8 Å². The molecule has 0 aromatic heterocycles. The number of aryl methyl sites for hydroxylation is 2. The maximum Gasteiger partial charge on any atom is 0.308 e. The average Bonchev–Trinajstić information content (AvgIpc) is 2.49. The van der Waals surface area contributed by atoms with Crippen molar-refractivity contribution in [3.63, 3.8) is 0 Å². The van der Waals surface area contributed by atoms with E-state index in [9.17, 15) is 9.59 Å². The molecule has 24 heavy (non-hydrogen) atoms. The van der Waals surface area contributed by atoms with Crippen molar-refractivity contribution >= 4 is 33.5 Å². The molecule has 0 atom stereocenters. The summed E-state index contributed by atoms with van der Waals surface area (Å²) in [4.78, 5) is 23.2. The van der Waals surface area contributed by atoms with Gasteiger partial charge in [0.25, 0.3) is 0 Å². The van der Waals surface area contributed by atoms with Gasteiger partial charge in [-0.05, 0) is 26.0 Å². The first-order valence-electron chi connectivity index (χ1n) is 7.70. The molecule has 3 aromatic carbocycles. The number of benzene rings is 3. The van der Waals surface area contributed by atoms with Gasteiger partial charge in [0.1, 0.15) is 11.5 Å². The molecule has 4 heteroatoms. The molecule has 0 amide bonds. The Morgan fingerprint density at radius 2 is 1.04 bits per heavy atom. The van der Waals surface area contributed by atoms with Crippen LogP contribution in [-0.4, -0.2) is 11.9 Å². The number of ether oxygens (including phenoxy) is 2. The van der Waals surface area contributed by atoms with Crippen molar-refractivity contribution in [3.05, 3.63) is 47.5 Å². The average molecular weight is 322 g/mol. The van der Waals surface area contributed by atoms with Gasteiger partial charge < -0.3 is 9.47 Å². The van der Waals surface area contributed by atoms with E-state index >= 15 is 0 Å². The Hall–Kier alpha value is -2.88. The van der Waals surface area contributed by atoms with Gasteiger partial charge in [-0.25, -0.2) is 0 Å². The van der Waals surface area contributed by atoms with E-state index in [4.69, 9.17) is 9.47 Å². The molecule has 4 nitrogen and oxygen atoms in total. The molecule has 0 unspecified atom stereocenters. The largest absolute Gasteiger partial charge is 0.425 e. The highest BCUT2D eigenvalue weighted by Gasteiger charge is 2.18. The summed E-state index contributed by atoms with van der Waals surface area (Å²) in [5.74, 6) is 0.207. The number of hydrogen-bond donors (Lipinski definition) is 0. The lowest BCUT2D eigenvalue weighted by molar-refractivity contribution is -0.132. The quantitative estimate of drug-likeness (QED) is 0.397. The van der Waals surface area contributed by atoms with E-state index in [1.807, 2.05) is 50.2 Å². The minimum absolute atomic E-state index is 0.389. The Morgan fingerprint density at radius 1 is 0.667 bits per heavy atom. The number of rotatable bonds is 2. The van der Waals surface area contributed by atoms with Gasteiger partial charge in [-0.15, -0.1) is 0 Å². The summed E-state index contributed by atoms with van der Waals surface area (Å²) in [6.45, 7) is 6.67. The summed E-state index contributed by atoms with van der Waals surface area (Å²) >= 11 is 0. The second-order valence-corrected chi connectivity index (χ2v) is 5.94.